The molecular weight excluding hydrogens is 282 g/mol. The molecule has 0 N–H and O–H groups in total. The van der Waals surface area contributed by atoms with E-state index in [9.17, 15) is 0 Å². The van der Waals surface area contributed by atoms with Crippen molar-refractivity contribution >= 4 is 21.6 Å². The van der Waals surface area contributed by atoms with Crippen LogP contribution in [0.15, 0.2) is 48.5 Å². The number of aromatic nitrogens is 1. The smallest absolute Gasteiger partial charge is 0.148 e. The summed E-state index contributed by atoms with van der Waals surface area (Å²) in [7, 11) is 1.69. The number of ether oxygens (including phenoxy) is 2. The highest BCUT2D eigenvalue weighted by atomic mass is 32.1. The van der Waals surface area contributed by atoms with Crippen molar-refractivity contribution in [1.29, 1.82) is 0 Å². The highest BCUT2D eigenvalue weighted by molar-refractivity contribution is 7.18. The summed E-state index contributed by atoms with van der Waals surface area (Å²) in [5.74, 6) is 0.868. The van der Waals surface area contributed by atoms with E-state index in [2.05, 4.69) is 19.1 Å². The van der Waals surface area contributed by atoms with Crippen molar-refractivity contribution in [2.75, 3.05) is 7.11 Å². The Balaban J connectivity index is 1.73. The van der Waals surface area contributed by atoms with Gasteiger partial charge in [-0.25, -0.2) is 4.98 Å². The van der Waals surface area contributed by atoms with E-state index in [1.54, 1.807) is 18.4 Å². The van der Waals surface area contributed by atoms with Gasteiger partial charge in [-0.1, -0.05) is 30.3 Å². The molecule has 1 saturated heterocycles. The lowest BCUT2D eigenvalue weighted by molar-refractivity contribution is 0.311. The van der Waals surface area contributed by atoms with E-state index >= 15 is 0 Å². The summed E-state index contributed by atoms with van der Waals surface area (Å²) < 4.78 is 12.7. The Hall–Kier alpha value is -1.91. The number of thiazole rings is 1. The molecule has 21 heavy (non-hydrogen) atoms. The zero-order chi connectivity index (χ0) is 14.4. The molecule has 1 aromatic heterocycles. The Morgan fingerprint density at radius 3 is 2.71 bits per heavy atom. The first-order valence-corrected chi connectivity index (χ1v) is 7.71. The number of hydrogen-bond donors (Lipinski definition) is 0. The monoisotopic (exact) mass is 297 g/mol. The van der Waals surface area contributed by atoms with Crippen LogP contribution in [0.4, 0.5) is 0 Å². The fourth-order valence-corrected chi connectivity index (χ4v) is 3.78. The summed E-state index contributed by atoms with van der Waals surface area (Å²) in [5, 5.41) is 1.03. The van der Waals surface area contributed by atoms with Gasteiger partial charge in [-0.15, -0.1) is 11.3 Å². The summed E-state index contributed by atoms with van der Waals surface area (Å²) in [4.78, 5) is 4.73. The van der Waals surface area contributed by atoms with Crippen molar-refractivity contribution in [1.82, 2.24) is 4.98 Å². The summed E-state index contributed by atoms with van der Waals surface area (Å²) >= 11 is 1.70. The Morgan fingerprint density at radius 1 is 1.14 bits per heavy atom. The first-order valence-electron chi connectivity index (χ1n) is 6.89. The summed E-state index contributed by atoms with van der Waals surface area (Å²) in [6.07, 6.45) is 0.00853. The molecule has 2 aromatic carbocycles. The molecule has 2 atom stereocenters. The number of hydrogen-bond acceptors (Lipinski definition) is 4. The minimum atomic E-state index is -0.349. The van der Waals surface area contributed by atoms with Gasteiger partial charge in [0.15, 0.2) is 0 Å². The maximum Gasteiger partial charge on any atom is 0.148 e. The zero-order valence-electron chi connectivity index (χ0n) is 11.9. The van der Waals surface area contributed by atoms with E-state index in [0.717, 1.165) is 21.8 Å². The number of para-hydroxylation sites is 2. The molecule has 0 bridgehead atoms. The van der Waals surface area contributed by atoms with Crippen molar-refractivity contribution in [3.63, 3.8) is 0 Å². The van der Waals surface area contributed by atoms with Gasteiger partial charge in [0.1, 0.15) is 22.5 Å². The highest BCUT2D eigenvalue weighted by Crippen LogP contribution is 2.59. The van der Waals surface area contributed by atoms with Crippen molar-refractivity contribution < 1.29 is 9.47 Å². The van der Waals surface area contributed by atoms with Crippen LogP contribution in [0.25, 0.3) is 10.2 Å². The van der Waals surface area contributed by atoms with Gasteiger partial charge >= 0.3 is 0 Å². The molecule has 0 aliphatic carbocycles. The third-order valence-electron chi connectivity index (χ3n) is 3.95. The molecule has 1 aliphatic heterocycles. The van der Waals surface area contributed by atoms with Crippen LogP contribution < -0.4 is 4.74 Å². The first-order chi connectivity index (χ1) is 10.2. The predicted octanol–water partition coefficient (Wildman–Crippen LogP) is 4.29. The Labute approximate surface area is 127 Å². The maximum atomic E-state index is 6.02. The fourth-order valence-electron chi connectivity index (χ4n) is 2.70. The SMILES string of the molecule is COc1ccccc1[C@@H]1O[C@]1(C)c1nc2ccccc2s1. The lowest BCUT2D eigenvalue weighted by Gasteiger charge is -2.07. The fraction of sp³-hybridized carbons (Fsp3) is 0.235. The number of methoxy groups -OCH3 is 1. The topological polar surface area (TPSA) is 34.6 Å². The van der Waals surface area contributed by atoms with E-state index in [-0.39, 0.29) is 11.7 Å². The molecular formula is C17H15NO2S. The van der Waals surface area contributed by atoms with Crippen molar-refractivity contribution in [3.8, 4) is 5.75 Å². The average molecular weight is 297 g/mol. The van der Waals surface area contributed by atoms with E-state index in [1.807, 2.05) is 36.4 Å². The van der Waals surface area contributed by atoms with E-state index in [1.165, 1.54) is 4.70 Å². The first kappa shape index (κ1) is 12.8. The second-order valence-electron chi connectivity index (χ2n) is 5.33. The van der Waals surface area contributed by atoms with Crippen LogP contribution in [-0.4, -0.2) is 12.1 Å². The van der Waals surface area contributed by atoms with Gasteiger partial charge in [-0.3, -0.25) is 0 Å². The van der Waals surface area contributed by atoms with Crippen LogP contribution in [0.3, 0.4) is 0 Å². The molecule has 1 fully saturated rings. The molecule has 0 saturated carbocycles. The van der Waals surface area contributed by atoms with Crippen LogP contribution >= 0.6 is 11.3 Å². The molecule has 0 unspecified atom stereocenters. The predicted molar refractivity (Wildman–Crippen MR) is 83.8 cm³/mol. The second-order valence-corrected chi connectivity index (χ2v) is 6.36. The van der Waals surface area contributed by atoms with Crippen molar-refractivity contribution in [3.05, 3.63) is 59.1 Å². The van der Waals surface area contributed by atoms with Crippen LogP contribution in [-0.2, 0) is 10.3 Å². The number of benzene rings is 2. The zero-order valence-corrected chi connectivity index (χ0v) is 12.7. The van der Waals surface area contributed by atoms with Crippen molar-refractivity contribution in [2.45, 2.75) is 18.6 Å². The summed E-state index contributed by atoms with van der Waals surface area (Å²) in [6.45, 7) is 2.10. The normalized spacial score (nSPS) is 24.2. The second kappa shape index (κ2) is 4.55. The molecule has 3 aromatic rings. The summed E-state index contributed by atoms with van der Waals surface area (Å²) in [5.41, 5.74) is 1.77. The van der Waals surface area contributed by atoms with E-state index in [0.29, 0.717) is 0 Å². The van der Waals surface area contributed by atoms with E-state index < -0.39 is 0 Å². The molecule has 0 spiro atoms. The van der Waals surface area contributed by atoms with Gasteiger partial charge in [-0.05, 0) is 25.1 Å². The van der Waals surface area contributed by atoms with Gasteiger partial charge in [0.25, 0.3) is 0 Å². The van der Waals surface area contributed by atoms with Gasteiger partial charge < -0.3 is 9.47 Å². The minimum absolute atomic E-state index is 0.00853. The van der Waals surface area contributed by atoms with E-state index in [4.69, 9.17) is 14.5 Å². The van der Waals surface area contributed by atoms with Crippen LogP contribution in [0.1, 0.15) is 23.6 Å². The number of rotatable bonds is 3. The van der Waals surface area contributed by atoms with Crippen molar-refractivity contribution in [2.24, 2.45) is 0 Å². The standard InChI is InChI=1S/C17H15NO2S/c1-17(16-18-12-8-4-6-10-14(12)21-16)15(20-17)11-7-3-5-9-13(11)19-2/h3-10,15H,1-2H3/t15-,17-/m0/s1. The van der Waals surface area contributed by atoms with Crippen LogP contribution in [0, 0.1) is 0 Å². The molecule has 0 radical (unpaired) electrons. The lowest BCUT2D eigenvalue weighted by atomic mass is 10.0. The third kappa shape index (κ3) is 1.94. The molecule has 2 heterocycles. The number of epoxide rings is 1. The van der Waals surface area contributed by atoms with Gasteiger partial charge in [0.2, 0.25) is 0 Å². The molecule has 4 heteroatoms. The highest BCUT2D eigenvalue weighted by Gasteiger charge is 2.57. The van der Waals surface area contributed by atoms with Gasteiger partial charge in [0.05, 0.1) is 17.3 Å². The average Bonchev–Trinajstić information content (AvgIpc) is 3.02. The third-order valence-corrected chi connectivity index (χ3v) is 5.20. The summed E-state index contributed by atoms with van der Waals surface area (Å²) in [6, 6.07) is 16.2. The molecule has 4 rings (SSSR count). The minimum Gasteiger partial charge on any atom is -0.496 e. The maximum absolute atomic E-state index is 6.02. The quantitative estimate of drug-likeness (QED) is 0.676. The Morgan fingerprint density at radius 2 is 1.90 bits per heavy atom. The van der Waals surface area contributed by atoms with Gasteiger partial charge in [-0.2, -0.15) is 0 Å². The molecule has 1 aliphatic rings. The van der Waals surface area contributed by atoms with Crippen LogP contribution in [0.2, 0.25) is 0 Å². The largest absolute Gasteiger partial charge is 0.496 e. The molecule has 3 nitrogen and oxygen atoms in total. The number of nitrogens with zero attached hydrogens (tertiary/aromatic N) is 1. The van der Waals surface area contributed by atoms with Gasteiger partial charge in [0, 0.05) is 5.56 Å². The Kier molecular flexibility index (Phi) is 2.77. The molecule has 0 amide bonds. The number of fused-ring (bicyclic) bond motifs is 1. The lowest BCUT2D eigenvalue weighted by Crippen LogP contribution is -2.04. The van der Waals surface area contributed by atoms with Crippen LogP contribution in [0.5, 0.6) is 5.75 Å². The Bertz CT molecular complexity index is 780. The molecule has 106 valence electrons.